The molecule has 0 aromatic heterocycles. The van der Waals surface area contributed by atoms with E-state index < -0.39 is 0 Å². The van der Waals surface area contributed by atoms with Crippen LogP contribution < -0.4 is 0 Å². The Labute approximate surface area is 78.4 Å². The van der Waals surface area contributed by atoms with Gasteiger partial charge in [0.1, 0.15) is 0 Å². The van der Waals surface area contributed by atoms with E-state index in [4.69, 9.17) is 0 Å². The molecule has 1 aliphatic heterocycles. The van der Waals surface area contributed by atoms with E-state index in [1.54, 1.807) is 4.90 Å². The van der Waals surface area contributed by atoms with Gasteiger partial charge >= 0.3 is 6.09 Å². The van der Waals surface area contributed by atoms with Gasteiger partial charge in [-0.1, -0.05) is 0 Å². The van der Waals surface area contributed by atoms with E-state index in [0.29, 0.717) is 0 Å². The van der Waals surface area contributed by atoms with Crippen LogP contribution in [0.1, 0.15) is 12.8 Å². The summed E-state index contributed by atoms with van der Waals surface area (Å²) < 4.78 is 4.67. The molecular weight excluding hydrogens is 168 g/mol. The summed E-state index contributed by atoms with van der Waals surface area (Å²) in [6, 6.07) is 0.819. The molecule has 0 atom stereocenters. The summed E-state index contributed by atoms with van der Waals surface area (Å²) in [5.41, 5.74) is 0. The van der Waals surface area contributed by atoms with Gasteiger partial charge in [-0.25, -0.2) is 4.79 Å². The Morgan fingerprint density at radius 2 is 1.85 bits per heavy atom. The van der Waals surface area contributed by atoms with Crippen molar-refractivity contribution in [2.75, 3.05) is 33.3 Å². The lowest BCUT2D eigenvalue weighted by Gasteiger charge is -2.33. The van der Waals surface area contributed by atoms with Crippen molar-refractivity contribution in [1.82, 2.24) is 9.80 Å². The van der Waals surface area contributed by atoms with Gasteiger partial charge in [-0.2, -0.15) is 0 Å². The molecule has 74 valence electrons. The largest absolute Gasteiger partial charge is 0.453 e. The van der Waals surface area contributed by atoms with Crippen LogP contribution in [-0.2, 0) is 4.74 Å². The monoisotopic (exact) mass is 184 g/mol. The van der Waals surface area contributed by atoms with Crippen LogP contribution in [0.15, 0.2) is 0 Å². The first-order chi connectivity index (χ1) is 6.31. The standard InChI is InChI=1S/C9H16N2O2/c1-13-9(12)11-6-4-10(5-7-11)8-2-3-8/h8H,2-7H2,1H3. The second-order valence-corrected chi connectivity index (χ2v) is 3.72. The van der Waals surface area contributed by atoms with Crippen molar-refractivity contribution in [2.24, 2.45) is 0 Å². The molecule has 1 amide bonds. The molecule has 4 heteroatoms. The number of piperazine rings is 1. The maximum Gasteiger partial charge on any atom is 0.409 e. The van der Waals surface area contributed by atoms with E-state index in [1.165, 1.54) is 20.0 Å². The average molecular weight is 184 g/mol. The van der Waals surface area contributed by atoms with Gasteiger partial charge in [0, 0.05) is 32.2 Å². The van der Waals surface area contributed by atoms with Gasteiger partial charge in [-0.05, 0) is 12.8 Å². The molecule has 0 aromatic carbocycles. The highest BCUT2D eigenvalue weighted by molar-refractivity contribution is 5.67. The minimum atomic E-state index is -0.185. The van der Waals surface area contributed by atoms with Crippen LogP contribution in [0.25, 0.3) is 0 Å². The molecule has 1 heterocycles. The Morgan fingerprint density at radius 3 is 2.31 bits per heavy atom. The minimum absolute atomic E-state index is 0.185. The van der Waals surface area contributed by atoms with E-state index in [0.717, 1.165) is 32.2 Å². The maximum atomic E-state index is 11.1. The quantitative estimate of drug-likeness (QED) is 0.596. The predicted octanol–water partition coefficient (Wildman–Crippen LogP) is 0.533. The van der Waals surface area contributed by atoms with Crippen LogP contribution in [0.2, 0.25) is 0 Å². The summed E-state index contributed by atoms with van der Waals surface area (Å²) in [5.74, 6) is 0. The van der Waals surface area contributed by atoms with Crippen molar-refractivity contribution in [3.63, 3.8) is 0 Å². The number of hydrogen-bond acceptors (Lipinski definition) is 3. The Hall–Kier alpha value is -0.770. The Bertz CT molecular complexity index is 196. The fraction of sp³-hybridized carbons (Fsp3) is 0.889. The van der Waals surface area contributed by atoms with Gasteiger partial charge in [0.05, 0.1) is 7.11 Å². The first-order valence-electron chi connectivity index (χ1n) is 4.88. The lowest BCUT2D eigenvalue weighted by atomic mass is 10.3. The van der Waals surface area contributed by atoms with Crippen molar-refractivity contribution in [2.45, 2.75) is 18.9 Å². The summed E-state index contributed by atoms with van der Waals surface area (Å²) in [7, 11) is 1.44. The highest BCUT2D eigenvalue weighted by Gasteiger charge is 2.32. The van der Waals surface area contributed by atoms with E-state index in [-0.39, 0.29) is 6.09 Å². The van der Waals surface area contributed by atoms with Crippen LogP contribution >= 0.6 is 0 Å². The third-order valence-corrected chi connectivity index (χ3v) is 2.81. The van der Waals surface area contributed by atoms with E-state index in [1.807, 2.05) is 0 Å². The lowest BCUT2D eigenvalue weighted by Crippen LogP contribution is -2.49. The fourth-order valence-corrected chi connectivity index (χ4v) is 1.84. The van der Waals surface area contributed by atoms with Crippen molar-refractivity contribution >= 4 is 6.09 Å². The molecule has 1 saturated carbocycles. The van der Waals surface area contributed by atoms with Crippen LogP contribution in [0.4, 0.5) is 4.79 Å². The number of nitrogens with zero attached hydrogens (tertiary/aromatic N) is 2. The number of rotatable bonds is 1. The van der Waals surface area contributed by atoms with E-state index >= 15 is 0 Å². The Kier molecular flexibility index (Phi) is 2.40. The minimum Gasteiger partial charge on any atom is -0.453 e. The first kappa shape index (κ1) is 8.81. The third-order valence-electron chi connectivity index (χ3n) is 2.81. The zero-order valence-electron chi connectivity index (χ0n) is 8.03. The average Bonchev–Trinajstić information content (AvgIpc) is 3.00. The van der Waals surface area contributed by atoms with Crippen molar-refractivity contribution < 1.29 is 9.53 Å². The smallest absolute Gasteiger partial charge is 0.409 e. The molecule has 0 N–H and O–H groups in total. The zero-order chi connectivity index (χ0) is 9.26. The first-order valence-corrected chi connectivity index (χ1v) is 4.88. The van der Waals surface area contributed by atoms with Gasteiger partial charge in [0.15, 0.2) is 0 Å². The van der Waals surface area contributed by atoms with Gasteiger partial charge in [0.2, 0.25) is 0 Å². The lowest BCUT2D eigenvalue weighted by molar-refractivity contribution is 0.0886. The molecule has 2 rings (SSSR count). The highest BCUT2D eigenvalue weighted by atomic mass is 16.5. The van der Waals surface area contributed by atoms with E-state index in [9.17, 15) is 4.79 Å². The number of carbonyl (C=O) groups is 1. The molecular formula is C9H16N2O2. The van der Waals surface area contributed by atoms with Crippen molar-refractivity contribution in [3.05, 3.63) is 0 Å². The van der Waals surface area contributed by atoms with Crippen LogP contribution in [0.5, 0.6) is 0 Å². The normalized spacial score (nSPS) is 24.5. The molecule has 1 aliphatic carbocycles. The molecule has 0 radical (unpaired) electrons. The number of carbonyl (C=O) groups excluding carboxylic acids is 1. The number of methoxy groups -OCH3 is 1. The SMILES string of the molecule is COC(=O)N1CCN(C2CC2)CC1. The summed E-state index contributed by atoms with van der Waals surface area (Å²) in [6.45, 7) is 3.67. The predicted molar refractivity (Wildman–Crippen MR) is 48.6 cm³/mol. The Morgan fingerprint density at radius 1 is 1.23 bits per heavy atom. The molecule has 2 aliphatic rings. The van der Waals surface area contributed by atoms with E-state index in [2.05, 4.69) is 9.64 Å². The van der Waals surface area contributed by atoms with Gasteiger partial charge in [-0.3, -0.25) is 4.90 Å². The second-order valence-electron chi connectivity index (χ2n) is 3.72. The topological polar surface area (TPSA) is 32.8 Å². The molecule has 0 bridgehead atoms. The molecule has 0 unspecified atom stereocenters. The maximum absolute atomic E-state index is 11.1. The third kappa shape index (κ3) is 1.94. The molecule has 1 saturated heterocycles. The number of amides is 1. The number of ether oxygens (including phenoxy) is 1. The van der Waals surface area contributed by atoms with Crippen LogP contribution in [-0.4, -0.2) is 55.2 Å². The highest BCUT2D eigenvalue weighted by Crippen LogP contribution is 2.27. The number of hydrogen-bond donors (Lipinski definition) is 0. The van der Waals surface area contributed by atoms with Crippen LogP contribution in [0, 0.1) is 0 Å². The Balaban J connectivity index is 1.78. The summed E-state index contributed by atoms with van der Waals surface area (Å²) >= 11 is 0. The van der Waals surface area contributed by atoms with Crippen LogP contribution in [0.3, 0.4) is 0 Å². The molecule has 4 nitrogen and oxygen atoms in total. The fourth-order valence-electron chi connectivity index (χ4n) is 1.84. The van der Waals surface area contributed by atoms with Gasteiger partial charge in [0.25, 0.3) is 0 Å². The summed E-state index contributed by atoms with van der Waals surface area (Å²) in [4.78, 5) is 15.4. The van der Waals surface area contributed by atoms with Gasteiger partial charge in [-0.15, -0.1) is 0 Å². The van der Waals surface area contributed by atoms with Gasteiger partial charge < -0.3 is 9.64 Å². The molecule has 0 aromatic rings. The second kappa shape index (κ2) is 3.54. The van der Waals surface area contributed by atoms with Crippen molar-refractivity contribution in [3.8, 4) is 0 Å². The van der Waals surface area contributed by atoms with Crippen molar-refractivity contribution in [1.29, 1.82) is 0 Å². The molecule has 2 fully saturated rings. The summed E-state index contributed by atoms with van der Waals surface area (Å²) in [6.07, 6.45) is 2.51. The zero-order valence-corrected chi connectivity index (χ0v) is 8.03. The molecule has 13 heavy (non-hydrogen) atoms. The summed E-state index contributed by atoms with van der Waals surface area (Å²) in [5, 5.41) is 0. The molecule has 0 spiro atoms.